The fourth-order valence-electron chi connectivity index (χ4n) is 6.51. The van der Waals surface area contributed by atoms with Crippen molar-refractivity contribution in [1.82, 2.24) is 9.97 Å². The van der Waals surface area contributed by atoms with Crippen LogP contribution in [0.3, 0.4) is 0 Å². The van der Waals surface area contributed by atoms with Crippen molar-refractivity contribution in [3.8, 4) is 16.3 Å². The molecule has 8 rings (SSSR count). The van der Waals surface area contributed by atoms with E-state index in [1.165, 1.54) is 20.5 Å². The normalized spacial score (nSPS) is 12.5. The van der Waals surface area contributed by atoms with Crippen molar-refractivity contribution in [2.45, 2.75) is 26.2 Å². The molecule has 0 aliphatic heterocycles. The van der Waals surface area contributed by atoms with E-state index < -0.39 is 0 Å². The number of rotatable bonds is 7. The maximum absolute atomic E-state index is 5.15. The number of pyridine rings is 3. The summed E-state index contributed by atoms with van der Waals surface area (Å²) in [5, 5.41) is 5.80. The monoisotopic (exact) mass is 625 g/mol. The molecule has 8 aromatic rings. The van der Waals surface area contributed by atoms with Crippen molar-refractivity contribution in [2.75, 3.05) is 0 Å². The number of fused-ring (bicyclic) bond motifs is 5. The molecule has 1 unspecified atom stereocenters. The molecular formula is C42H33N4S+. The van der Waals surface area contributed by atoms with Gasteiger partial charge in [-0.3, -0.25) is 9.98 Å². The van der Waals surface area contributed by atoms with E-state index in [1.807, 2.05) is 36.8 Å². The van der Waals surface area contributed by atoms with Gasteiger partial charge in [-0.2, -0.15) is 4.57 Å². The Morgan fingerprint density at radius 3 is 2.53 bits per heavy atom. The molecule has 4 aromatic heterocycles. The minimum Gasteiger partial charge on any atom is -0.260 e. The number of aliphatic imine (C=N–C) groups is 1. The summed E-state index contributed by atoms with van der Waals surface area (Å²) in [6.45, 7) is 8.91. The molecule has 4 heterocycles. The predicted molar refractivity (Wildman–Crippen MR) is 198 cm³/mol. The van der Waals surface area contributed by atoms with Crippen molar-refractivity contribution in [1.29, 1.82) is 0 Å². The lowest BCUT2D eigenvalue weighted by molar-refractivity contribution is -0.566. The van der Waals surface area contributed by atoms with Crippen molar-refractivity contribution >= 4 is 65.9 Å². The molecular weight excluding hydrogens is 593 g/mol. The van der Waals surface area contributed by atoms with Gasteiger partial charge in [0.25, 0.3) is 0 Å². The van der Waals surface area contributed by atoms with Crippen LogP contribution >= 0.6 is 11.3 Å². The molecule has 1 atom stereocenters. The predicted octanol–water partition coefficient (Wildman–Crippen LogP) is 10.9. The Morgan fingerprint density at radius 1 is 0.830 bits per heavy atom. The summed E-state index contributed by atoms with van der Waals surface area (Å²) in [5.74, 6) is 0.195. The third kappa shape index (κ3) is 5.29. The van der Waals surface area contributed by atoms with Gasteiger partial charge in [0.05, 0.1) is 16.3 Å². The second-order valence-electron chi connectivity index (χ2n) is 12.1. The first-order valence-electron chi connectivity index (χ1n) is 15.9. The molecule has 5 heteroatoms. The highest BCUT2D eigenvalue weighted by Gasteiger charge is 2.22. The molecule has 0 aliphatic rings. The first kappa shape index (κ1) is 28.9. The molecule has 47 heavy (non-hydrogen) atoms. The quantitative estimate of drug-likeness (QED) is 0.0765. The van der Waals surface area contributed by atoms with Crippen LogP contribution in [0.4, 0.5) is 5.69 Å². The summed E-state index contributed by atoms with van der Waals surface area (Å²) in [6, 6.07) is 38.5. The lowest BCUT2D eigenvalue weighted by Gasteiger charge is -2.14. The number of allylic oxidation sites excluding steroid dienone is 1. The summed E-state index contributed by atoms with van der Waals surface area (Å²) < 4.78 is 3.54. The Hall–Kier alpha value is -5.52. The average Bonchev–Trinajstić information content (AvgIpc) is 3.56. The fourth-order valence-corrected chi connectivity index (χ4v) is 7.53. The van der Waals surface area contributed by atoms with E-state index in [0.29, 0.717) is 6.42 Å². The molecule has 226 valence electrons. The Kier molecular flexibility index (Phi) is 7.39. The van der Waals surface area contributed by atoms with Crippen LogP contribution in [0.1, 0.15) is 30.4 Å². The van der Waals surface area contributed by atoms with Crippen molar-refractivity contribution in [3.63, 3.8) is 0 Å². The van der Waals surface area contributed by atoms with Crippen molar-refractivity contribution in [2.24, 2.45) is 4.99 Å². The zero-order valence-electron chi connectivity index (χ0n) is 26.4. The first-order valence-corrected chi connectivity index (χ1v) is 16.7. The van der Waals surface area contributed by atoms with E-state index in [1.54, 1.807) is 11.3 Å². The zero-order chi connectivity index (χ0) is 31.9. The van der Waals surface area contributed by atoms with Crippen LogP contribution in [0.5, 0.6) is 0 Å². The summed E-state index contributed by atoms with van der Waals surface area (Å²) >= 11 is 1.78. The largest absolute Gasteiger partial charge is 0.260 e. The number of hydrogen-bond acceptors (Lipinski definition) is 4. The Balaban J connectivity index is 1.12. The Morgan fingerprint density at radius 2 is 1.64 bits per heavy atom. The van der Waals surface area contributed by atoms with Crippen LogP contribution in [0.15, 0.2) is 145 Å². The van der Waals surface area contributed by atoms with E-state index in [0.717, 1.165) is 60.8 Å². The lowest BCUT2D eigenvalue weighted by Crippen LogP contribution is -2.32. The van der Waals surface area contributed by atoms with Gasteiger partial charge in [0, 0.05) is 69.5 Å². The summed E-state index contributed by atoms with van der Waals surface area (Å²) in [4.78, 5) is 15.7. The molecule has 0 saturated heterocycles. The molecule has 0 amide bonds. The molecule has 0 radical (unpaired) electrons. The van der Waals surface area contributed by atoms with E-state index in [-0.39, 0.29) is 5.92 Å². The van der Waals surface area contributed by atoms with E-state index in [4.69, 9.17) is 9.98 Å². The molecule has 0 spiro atoms. The third-order valence-electron chi connectivity index (χ3n) is 9.18. The van der Waals surface area contributed by atoms with Gasteiger partial charge in [-0.1, -0.05) is 67.6 Å². The third-order valence-corrected chi connectivity index (χ3v) is 10.3. The maximum Gasteiger partial charge on any atom is 0.244 e. The number of thiophene rings is 1. The van der Waals surface area contributed by atoms with Crippen LogP contribution in [0.2, 0.25) is 0 Å². The molecule has 4 aromatic carbocycles. The highest BCUT2D eigenvalue weighted by molar-refractivity contribution is 7.22. The van der Waals surface area contributed by atoms with Gasteiger partial charge in [-0.25, -0.2) is 4.98 Å². The fraction of sp³-hybridized carbons (Fsp3) is 0.0952. The second-order valence-corrected chi connectivity index (χ2v) is 13.1. The Labute approximate surface area is 278 Å². The first-order chi connectivity index (χ1) is 23.0. The minimum atomic E-state index is 0.195. The van der Waals surface area contributed by atoms with Crippen LogP contribution in [-0.4, -0.2) is 16.2 Å². The van der Waals surface area contributed by atoms with Gasteiger partial charge < -0.3 is 0 Å². The summed E-state index contributed by atoms with van der Waals surface area (Å²) in [7, 11) is 0. The van der Waals surface area contributed by atoms with Crippen molar-refractivity contribution in [3.05, 3.63) is 151 Å². The van der Waals surface area contributed by atoms with Gasteiger partial charge in [0.1, 0.15) is 5.52 Å². The van der Waals surface area contributed by atoms with Crippen LogP contribution in [-0.2, 0) is 0 Å². The van der Waals surface area contributed by atoms with Gasteiger partial charge in [-0.05, 0) is 71.8 Å². The number of aromatic nitrogens is 3. The molecule has 0 saturated carbocycles. The van der Waals surface area contributed by atoms with Crippen molar-refractivity contribution < 1.29 is 4.57 Å². The zero-order valence-corrected chi connectivity index (χ0v) is 27.2. The highest BCUT2D eigenvalue weighted by atomic mass is 32.1. The maximum atomic E-state index is 5.15. The van der Waals surface area contributed by atoms with Crippen LogP contribution in [0, 0.1) is 6.92 Å². The average molecular weight is 626 g/mol. The lowest BCUT2D eigenvalue weighted by atomic mass is 9.91. The molecule has 0 bridgehead atoms. The summed E-state index contributed by atoms with van der Waals surface area (Å²) in [5.41, 5.74) is 8.69. The van der Waals surface area contributed by atoms with Crippen LogP contribution in [0.25, 0.3) is 58.9 Å². The molecule has 0 fully saturated rings. The van der Waals surface area contributed by atoms with E-state index in [9.17, 15) is 0 Å². The van der Waals surface area contributed by atoms with E-state index in [2.05, 4.69) is 127 Å². The molecule has 0 aliphatic carbocycles. The molecule has 0 N–H and O–H groups in total. The van der Waals surface area contributed by atoms with Gasteiger partial charge in [0.2, 0.25) is 11.2 Å². The summed E-state index contributed by atoms with van der Waals surface area (Å²) in [6.07, 6.45) is 8.57. The topological polar surface area (TPSA) is 42.0 Å². The van der Waals surface area contributed by atoms with E-state index >= 15 is 0 Å². The molecule has 4 nitrogen and oxygen atoms in total. The highest BCUT2D eigenvalue weighted by Crippen LogP contribution is 2.37. The standard InChI is InChI=1S/C42H33N4S/c1-27(28(2)32-17-18-38-34(24-32)26-39(47-38)36-14-6-7-20-43-36)19-22-45-40-29(3)37(25-33-10-4-5-13-35(33)40)46-23-9-12-31-16-15-30-11-8-21-44-41(30)42(31)46/h4-18,20-26,28H,1,19H2,2-3H3/q+1. The van der Waals surface area contributed by atoms with Gasteiger partial charge in [-0.15, -0.1) is 11.3 Å². The SMILES string of the molecule is C=C(CC=Nc1c(C)c(-[n+]2cccc3ccc4cccnc4c32)cc2ccccc12)C(C)c1ccc2sc(-c3ccccn3)cc2c1. The second kappa shape index (κ2) is 12.0. The number of benzene rings is 4. The number of nitrogens with zero attached hydrogens (tertiary/aromatic N) is 4. The minimum absolute atomic E-state index is 0.195. The van der Waals surface area contributed by atoms with Crippen LogP contribution < -0.4 is 4.57 Å². The van der Waals surface area contributed by atoms with Gasteiger partial charge in [0.15, 0.2) is 6.20 Å². The Bertz CT molecular complexity index is 2490. The van der Waals surface area contributed by atoms with Gasteiger partial charge >= 0.3 is 0 Å². The smallest absolute Gasteiger partial charge is 0.244 e. The number of hydrogen-bond donors (Lipinski definition) is 0.